The van der Waals surface area contributed by atoms with Gasteiger partial charge in [0.1, 0.15) is 5.52 Å². The monoisotopic (exact) mass is 294 g/mol. The minimum Gasteiger partial charge on any atom is -0.504 e. The van der Waals surface area contributed by atoms with Crippen molar-refractivity contribution in [2.24, 2.45) is 0 Å². The molecule has 3 aromatic rings. The summed E-state index contributed by atoms with van der Waals surface area (Å²) in [5.41, 5.74) is 2.70. The Morgan fingerprint density at radius 1 is 1.23 bits per heavy atom. The molecule has 4 rings (SSSR count). The normalized spacial score (nSPS) is 12.8. The van der Waals surface area contributed by atoms with Crippen molar-refractivity contribution < 1.29 is 9.84 Å². The fourth-order valence-electron chi connectivity index (χ4n) is 3.08. The smallest absolute Gasteiger partial charge is 0.260 e. The van der Waals surface area contributed by atoms with Crippen molar-refractivity contribution in [2.75, 3.05) is 7.11 Å². The van der Waals surface area contributed by atoms with Crippen LogP contribution in [-0.4, -0.2) is 21.8 Å². The second-order valence-electron chi connectivity index (χ2n) is 5.31. The van der Waals surface area contributed by atoms with E-state index in [1.54, 1.807) is 16.7 Å². The van der Waals surface area contributed by atoms with E-state index in [9.17, 15) is 9.90 Å². The van der Waals surface area contributed by atoms with Crippen LogP contribution in [-0.2, 0) is 13.0 Å². The molecule has 2 aromatic heterocycles. The summed E-state index contributed by atoms with van der Waals surface area (Å²) in [6.07, 6.45) is 0.775. The lowest BCUT2D eigenvalue weighted by atomic mass is 9.96. The zero-order valence-electron chi connectivity index (χ0n) is 12.0. The average molecular weight is 294 g/mol. The Bertz CT molecular complexity index is 960. The summed E-state index contributed by atoms with van der Waals surface area (Å²) < 4.78 is 6.73. The third-order valence-corrected chi connectivity index (χ3v) is 4.15. The Hall–Kier alpha value is -2.82. The van der Waals surface area contributed by atoms with Gasteiger partial charge in [-0.1, -0.05) is 24.3 Å². The second kappa shape index (κ2) is 4.59. The highest BCUT2D eigenvalue weighted by atomic mass is 16.5. The van der Waals surface area contributed by atoms with Crippen LogP contribution in [0.1, 0.15) is 5.56 Å². The first kappa shape index (κ1) is 12.9. The summed E-state index contributed by atoms with van der Waals surface area (Å²) >= 11 is 0. The third-order valence-electron chi connectivity index (χ3n) is 4.15. The summed E-state index contributed by atoms with van der Waals surface area (Å²) in [7, 11) is 1.51. The molecule has 1 N–H and O–H groups in total. The van der Waals surface area contributed by atoms with Gasteiger partial charge >= 0.3 is 0 Å². The molecule has 0 bridgehead atoms. The number of hydrogen-bond donors (Lipinski definition) is 1. The predicted octanol–water partition coefficient (Wildman–Crippen LogP) is 2.33. The molecular weight excluding hydrogens is 280 g/mol. The number of pyridine rings is 2. The largest absolute Gasteiger partial charge is 0.504 e. The number of hydrogen-bond acceptors (Lipinski definition) is 4. The van der Waals surface area contributed by atoms with E-state index in [0.717, 1.165) is 17.5 Å². The average Bonchev–Trinajstić information content (AvgIpc) is 2.58. The molecule has 5 heteroatoms. The number of benzene rings is 1. The molecule has 0 saturated heterocycles. The number of nitrogens with zero attached hydrogens (tertiary/aromatic N) is 2. The Labute approximate surface area is 126 Å². The maximum Gasteiger partial charge on any atom is 0.260 e. The summed E-state index contributed by atoms with van der Waals surface area (Å²) in [6, 6.07) is 11.1. The van der Waals surface area contributed by atoms with Crippen LogP contribution >= 0.6 is 0 Å². The van der Waals surface area contributed by atoms with Gasteiger partial charge in [0.25, 0.3) is 5.56 Å². The van der Waals surface area contributed by atoms with Crippen LogP contribution in [0.2, 0.25) is 0 Å². The van der Waals surface area contributed by atoms with Gasteiger partial charge in [-0.25, -0.2) is 4.98 Å². The van der Waals surface area contributed by atoms with Crippen molar-refractivity contribution in [1.82, 2.24) is 9.55 Å². The number of aromatic hydroxyl groups is 1. The zero-order valence-corrected chi connectivity index (χ0v) is 12.0. The maximum absolute atomic E-state index is 12.7. The Morgan fingerprint density at radius 2 is 2.05 bits per heavy atom. The van der Waals surface area contributed by atoms with Crippen molar-refractivity contribution in [2.45, 2.75) is 13.0 Å². The fraction of sp³-hybridized carbons (Fsp3) is 0.176. The molecule has 1 aromatic carbocycles. The molecule has 1 aliphatic rings. The van der Waals surface area contributed by atoms with Gasteiger partial charge in [-0.2, -0.15) is 0 Å². The van der Waals surface area contributed by atoms with E-state index in [0.29, 0.717) is 23.5 Å². The van der Waals surface area contributed by atoms with Crippen LogP contribution < -0.4 is 10.3 Å². The highest BCUT2D eigenvalue weighted by molar-refractivity contribution is 5.91. The summed E-state index contributed by atoms with van der Waals surface area (Å²) in [6.45, 7) is 0.556. The number of aromatic nitrogens is 2. The molecule has 3 heterocycles. The number of rotatable bonds is 1. The van der Waals surface area contributed by atoms with Gasteiger partial charge in [-0.3, -0.25) is 4.79 Å². The topological polar surface area (TPSA) is 64.3 Å². The number of aryl methyl sites for hydroxylation is 1. The summed E-state index contributed by atoms with van der Waals surface area (Å²) in [5, 5.41) is 11.1. The molecule has 0 aliphatic carbocycles. The van der Waals surface area contributed by atoms with Crippen molar-refractivity contribution in [3.05, 3.63) is 52.3 Å². The van der Waals surface area contributed by atoms with Crippen LogP contribution in [0.15, 0.2) is 41.2 Å². The van der Waals surface area contributed by atoms with E-state index in [2.05, 4.69) is 4.98 Å². The predicted molar refractivity (Wildman–Crippen MR) is 83.4 cm³/mol. The lowest BCUT2D eigenvalue weighted by Gasteiger charge is -2.23. The van der Waals surface area contributed by atoms with Gasteiger partial charge in [-0.15, -0.1) is 0 Å². The van der Waals surface area contributed by atoms with Crippen LogP contribution in [0.4, 0.5) is 0 Å². The van der Waals surface area contributed by atoms with Crippen molar-refractivity contribution in [3.8, 4) is 22.9 Å². The standard InChI is InChI=1S/C17H14N2O3/c1-22-13-7-6-12-14(18-13)16(20)15-11-5-3-2-4-10(11)8-9-19(15)17(12)21/h2-7,20H,8-9H2,1H3. The van der Waals surface area contributed by atoms with E-state index < -0.39 is 0 Å². The first-order valence-electron chi connectivity index (χ1n) is 7.09. The van der Waals surface area contributed by atoms with Gasteiger partial charge in [0.05, 0.1) is 18.2 Å². The molecule has 0 atom stereocenters. The third kappa shape index (κ3) is 1.65. The molecule has 110 valence electrons. The zero-order chi connectivity index (χ0) is 15.3. The lowest BCUT2D eigenvalue weighted by molar-refractivity contribution is 0.398. The highest BCUT2D eigenvalue weighted by Crippen LogP contribution is 2.38. The quantitative estimate of drug-likeness (QED) is 0.748. The first-order chi connectivity index (χ1) is 10.7. The van der Waals surface area contributed by atoms with Crippen LogP contribution in [0.25, 0.3) is 22.2 Å². The molecule has 0 fully saturated rings. The van der Waals surface area contributed by atoms with Gasteiger partial charge in [0.2, 0.25) is 5.88 Å². The minimum atomic E-state index is -0.132. The van der Waals surface area contributed by atoms with E-state index in [1.165, 1.54) is 7.11 Å². The summed E-state index contributed by atoms with van der Waals surface area (Å²) in [5.74, 6) is 0.400. The number of fused-ring (bicyclic) bond motifs is 4. The number of ether oxygens (including phenoxy) is 1. The van der Waals surface area contributed by atoms with E-state index in [-0.39, 0.29) is 16.8 Å². The van der Waals surface area contributed by atoms with E-state index in [1.807, 2.05) is 24.3 Å². The second-order valence-corrected chi connectivity index (χ2v) is 5.31. The fourth-order valence-corrected chi connectivity index (χ4v) is 3.08. The summed E-state index contributed by atoms with van der Waals surface area (Å²) in [4.78, 5) is 17.0. The molecular formula is C17H14N2O3. The van der Waals surface area contributed by atoms with Crippen LogP contribution in [0.3, 0.4) is 0 Å². The molecule has 1 aliphatic heterocycles. The molecule has 0 unspecified atom stereocenters. The molecule has 5 nitrogen and oxygen atoms in total. The Morgan fingerprint density at radius 3 is 2.86 bits per heavy atom. The minimum absolute atomic E-state index is 0.0284. The molecule has 0 spiro atoms. The van der Waals surface area contributed by atoms with E-state index in [4.69, 9.17) is 4.74 Å². The van der Waals surface area contributed by atoms with E-state index >= 15 is 0 Å². The molecule has 22 heavy (non-hydrogen) atoms. The van der Waals surface area contributed by atoms with Crippen LogP contribution in [0, 0.1) is 0 Å². The first-order valence-corrected chi connectivity index (χ1v) is 7.09. The van der Waals surface area contributed by atoms with Gasteiger partial charge in [0, 0.05) is 18.2 Å². The highest BCUT2D eigenvalue weighted by Gasteiger charge is 2.24. The lowest BCUT2D eigenvalue weighted by Crippen LogP contribution is -2.26. The van der Waals surface area contributed by atoms with Gasteiger partial charge in [-0.05, 0) is 18.1 Å². The van der Waals surface area contributed by atoms with Crippen LogP contribution in [0.5, 0.6) is 11.6 Å². The molecule has 0 saturated carbocycles. The van der Waals surface area contributed by atoms with Gasteiger partial charge < -0.3 is 14.4 Å². The SMILES string of the molecule is COc1ccc2c(=O)n3c(c(O)c2n1)-c1ccccc1CC3. The Kier molecular flexibility index (Phi) is 2.69. The Balaban J connectivity index is 2.15. The van der Waals surface area contributed by atoms with Gasteiger partial charge in [0.15, 0.2) is 5.75 Å². The molecule has 0 amide bonds. The molecule has 0 radical (unpaired) electrons. The number of methoxy groups -OCH3 is 1. The van der Waals surface area contributed by atoms with Crippen molar-refractivity contribution in [3.63, 3.8) is 0 Å². The van der Waals surface area contributed by atoms with Crippen molar-refractivity contribution in [1.29, 1.82) is 0 Å². The maximum atomic E-state index is 12.7. The van der Waals surface area contributed by atoms with Crippen molar-refractivity contribution >= 4 is 10.9 Å².